The Balaban J connectivity index is 1.55. The van der Waals surface area contributed by atoms with E-state index in [9.17, 15) is 13.6 Å². The number of ether oxygens (including phenoxy) is 2. The zero-order valence-electron chi connectivity index (χ0n) is 15.9. The summed E-state index contributed by atoms with van der Waals surface area (Å²) in [6, 6.07) is 7.25. The molecule has 3 aromatic rings. The number of nitrogens with zero attached hydrogens (tertiary/aromatic N) is 2. The van der Waals surface area contributed by atoms with Gasteiger partial charge in [0.25, 0.3) is 5.56 Å². The molecule has 1 N–H and O–H groups in total. The lowest BCUT2D eigenvalue weighted by molar-refractivity contribution is -0.0514. The van der Waals surface area contributed by atoms with E-state index in [2.05, 4.69) is 19.6 Å². The van der Waals surface area contributed by atoms with Gasteiger partial charge in [-0.1, -0.05) is 6.07 Å². The molecule has 0 bridgehead atoms. The molecule has 9 heteroatoms. The van der Waals surface area contributed by atoms with Crippen molar-refractivity contribution in [1.29, 1.82) is 0 Å². The summed E-state index contributed by atoms with van der Waals surface area (Å²) < 4.78 is 35.9. The highest BCUT2D eigenvalue weighted by molar-refractivity contribution is 7.17. The van der Waals surface area contributed by atoms with Gasteiger partial charge in [-0.2, -0.15) is 8.78 Å². The van der Waals surface area contributed by atoms with Crippen LogP contribution >= 0.6 is 11.3 Å². The molecule has 1 aliphatic carbocycles. The number of alkyl halides is 2. The Labute approximate surface area is 170 Å². The first-order valence-corrected chi connectivity index (χ1v) is 10.3. The Morgan fingerprint density at radius 3 is 2.83 bits per heavy atom. The Hall–Kier alpha value is -2.52. The third-order valence-corrected chi connectivity index (χ3v) is 5.59. The number of halogens is 2. The molecule has 4 rings (SSSR count). The second-order valence-electron chi connectivity index (χ2n) is 6.88. The van der Waals surface area contributed by atoms with Crippen molar-refractivity contribution in [3.8, 4) is 11.5 Å². The fourth-order valence-corrected chi connectivity index (χ4v) is 4.02. The van der Waals surface area contributed by atoms with Crippen LogP contribution in [-0.2, 0) is 13.1 Å². The van der Waals surface area contributed by atoms with Crippen molar-refractivity contribution < 1.29 is 18.3 Å². The molecule has 0 spiro atoms. The predicted molar refractivity (Wildman–Crippen MR) is 107 cm³/mol. The lowest BCUT2D eigenvalue weighted by Gasteiger charge is -2.22. The molecule has 0 aliphatic heterocycles. The maximum atomic E-state index is 12.6. The van der Waals surface area contributed by atoms with E-state index in [0.717, 1.165) is 18.4 Å². The van der Waals surface area contributed by atoms with Crippen LogP contribution in [0.2, 0.25) is 0 Å². The van der Waals surface area contributed by atoms with E-state index in [1.807, 2.05) is 11.4 Å². The summed E-state index contributed by atoms with van der Waals surface area (Å²) in [7, 11) is 0. The fourth-order valence-electron chi connectivity index (χ4n) is 3.29. The molecule has 1 aliphatic rings. The highest BCUT2D eigenvalue weighted by Crippen LogP contribution is 2.33. The van der Waals surface area contributed by atoms with Crippen molar-refractivity contribution in [3.05, 3.63) is 51.4 Å². The maximum absolute atomic E-state index is 12.6. The summed E-state index contributed by atoms with van der Waals surface area (Å²) in [6.45, 7) is 0.327. The second kappa shape index (κ2) is 8.46. The minimum absolute atomic E-state index is 0.0254. The van der Waals surface area contributed by atoms with E-state index >= 15 is 0 Å². The number of thiophene rings is 1. The summed E-state index contributed by atoms with van der Waals surface area (Å²) >= 11 is 1.38. The van der Waals surface area contributed by atoms with Crippen LogP contribution in [0, 0.1) is 0 Å². The van der Waals surface area contributed by atoms with Crippen LogP contribution in [0.25, 0.3) is 10.2 Å². The van der Waals surface area contributed by atoms with Gasteiger partial charge in [-0.15, -0.1) is 11.3 Å². The van der Waals surface area contributed by atoms with Gasteiger partial charge in [-0.05, 0) is 48.9 Å². The molecule has 29 heavy (non-hydrogen) atoms. The van der Waals surface area contributed by atoms with Crippen LogP contribution in [0.5, 0.6) is 11.5 Å². The molecule has 1 saturated carbocycles. The smallest absolute Gasteiger partial charge is 0.387 e. The Morgan fingerprint density at radius 1 is 1.28 bits per heavy atom. The van der Waals surface area contributed by atoms with Crippen molar-refractivity contribution in [2.45, 2.75) is 45.5 Å². The van der Waals surface area contributed by atoms with Crippen molar-refractivity contribution in [2.24, 2.45) is 0 Å². The third-order valence-electron chi connectivity index (χ3n) is 4.69. The van der Waals surface area contributed by atoms with Gasteiger partial charge in [0.1, 0.15) is 10.5 Å². The summed E-state index contributed by atoms with van der Waals surface area (Å²) in [5, 5.41) is 1.85. The number of aromatic nitrogens is 2. The molecular weight excluding hydrogens is 400 g/mol. The molecule has 2 aromatic heterocycles. The van der Waals surface area contributed by atoms with E-state index < -0.39 is 6.61 Å². The lowest BCUT2D eigenvalue weighted by Crippen LogP contribution is -2.27. The number of benzene rings is 1. The van der Waals surface area contributed by atoms with Gasteiger partial charge < -0.3 is 14.5 Å². The van der Waals surface area contributed by atoms with Crippen LogP contribution < -0.4 is 15.0 Å². The monoisotopic (exact) mass is 421 g/mol. The molecule has 0 radical (unpaired) electrons. The summed E-state index contributed by atoms with van der Waals surface area (Å²) in [5.74, 6) is 0.945. The van der Waals surface area contributed by atoms with Gasteiger partial charge in [0, 0.05) is 12.6 Å². The molecule has 6 nitrogen and oxygen atoms in total. The van der Waals surface area contributed by atoms with Gasteiger partial charge in [0.2, 0.25) is 0 Å². The SMILES string of the molecule is CCOc1cc(CN(Cc2nc3ccsc3c(=O)[nH]2)C2CC2)ccc1OC(F)F. The van der Waals surface area contributed by atoms with Gasteiger partial charge in [0.05, 0.1) is 18.7 Å². The fraction of sp³-hybridized carbons (Fsp3) is 0.400. The van der Waals surface area contributed by atoms with Crippen molar-refractivity contribution in [3.63, 3.8) is 0 Å². The quantitative estimate of drug-likeness (QED) is 0.562. The van der Waals surface area contributed by atoms with Crippen LogP contribution in [-0.4, -0.2) is 34.1 Å². The van der Waals surface area contributed by atoms with Gasteiger partial charge in [-0.25, -0.2) is 4.98 Å². The average molecular weight is 421 g/mol. The highest BCUT2D eigenvalue weighted by Gasteiger charge is 2.30. The average Bonchev–Trinajstić information content (AvgIpc) is 3.41. The number of fused-ring (bicyclic) bond motifs is 1. The molecule has 0 saturated heterocycles. The molecule has 1 fully saturated rings. The van der Waals surface area contributed by atoms with Crippen LogP contribution in [0.3, 0.4) is 0 Å². The Morgan fingerprint density at radius 2 is 2.10 bits per heavy atom. The zero-order valence-corrected chi connectivity index (χ0v) is 16.7. The summed E-state index contributed by atoms with van der Waals surface area (Å²) in [4.78, 5) is 21.9. The minimum Gasteiger partial charge on any atom is -0.490 e. The first kappa shape index (κ1) is 19.8. The summed E-state index contributed by atoms with van der Waals surface area (Å²) in [5.41, 5.74) is 1.50. The van der Waals surface area contributed by atoms with E-state index in [-0.39, 0.29) is 11.3 Å². The minimum atomic E-state index is -2.90. The molecule has 1 aromatic carbocycles. The topological polar surface area (TPSA) is 67.5 Å². The lowest BCUT2D eigenvalue weighted by atomic mass is 10.2. The van der Waals surface area contributed by atoms with Gasteiger partial charge >= 0.3 is 6.61 Å². The van der Waals surface area contributed by atoms with E-state index in [1.54, 1.807) is 19.1 Å². The number of rotatable bonds is 9. The van der Waals surface area contributed by atoms with Crippen molar-refractivity contribution >= 4 is 21.6 Å². The number of hydrogen-bond acceptors (Lipinski definition) is 6. The molecule has 2 heterocycles. The largest absolute Gasteiger partial charge is 0.490 e. The molecule has 154 valence electrons. The van der Waals surface area contributed by atoms with Gasteiger partial charge in [0.15, 0.2) is 11.5 Å². The summed E-state index contributed by atoms with van der Waals surface area (Å²) in [6.07, 6.45) is 2.16. The first-order valence-electron chi connectivity index (χ1n) is 9.44. The number of H-pyrrole nitrogens is 1. The highest BCUT2D eigenvalue weighted by atomic mass is 32.1. The Bertz CT molecular complexity index is 1050. The number of aromatic amines is 1. The van der Waals surface area contributed by atoms with Crippen LogP contribution in [0.15, 0.2) is 34.4 Å². The second-order valence-corrected chi connectivity index (χ2v) is 7.79. The predicted octanol–water partition coefficient (Wildman–Crippen LogP) is 4.15. The number of hydrogen-bond donors (Lipinski definition) is 1. The van der Waals surface area contributed by atoms with Crippen LogP contribution in [0.4, 0.5) is 8.78 Å². The zero-order chi connectivity index (χ0) is 20.4. The molecule has 0 unspecified atom stereocenters. The first-order chi connectivity index (χ1) is 14.0. The van der Waals surface area contributed by atoms with E-state index in [0.29, 0.717) is 47.5 Å². The molecular formula is C20H21F2N3O3S. The normalized spacial score (nSPS) is 14.1. The Kier molecular flexibility index (Phi) is 5.77. The standard InChI is InChI=1S/C20H21F2N3O3S/c1-2-27-16-9-12(3-6-15(16)28-20(21)22)10-25(13-4-5-13)11-17-23-14-7-8-29-18(14)19(26)24-17/h3,6-9,13,20H,2,4-5,10-11H2,1H3,(H,23,24,26). The van der Waals surface area contributed by atoms with Gasteiger partial charge in [-0.3, -0.25) is 9.69 Å². The maximum Gasteiger partial charge on any atom is 0.387 e. The van der Waals surface area contributed by atoms with E-state index in [4.69, 9.17) is 4.74 Å². The third kappa shape index (κ3) is 4.73. The number of nitrogens with one attached hydrogen (secondary N) is 1. The van der Waals surface area contributed by atoms with E-state index in [1.165, 1.54) is 17.4 Å². The molecule has 0 atom stereocenters. The van der Waals surface area contributed by atoms with Crippen molar-refractivity contribution in [1.82, 2.24) is 14.9 Å². The van der Waals surface area contributed by atoms with Crippen molar-refractivity contribution in [2.75, 3.05) is 6.61 Å². The molecule has 0 amide bonds. The van der Waals surface area contributed by atoms with Crippen LogP contribution in [0.1, 0.15) is 31.2 Å².